The van der Waals surface area contributed by atoms with Crippen LogP contribution < -0.4 is 5.32 Å². The van der Waals surface area contributed by atoms with Crippen LogP contribution in [0.25, 0.3) is 0 Å². The molecule has 16 heavy (non-hydrogen) atoms. The predicted octanol–water partition coefficient (Wildman–Crippen LogP) is 1.86. The number of nitrogens with one attached hydrogen (secondary N) is 1. The summed E-state index contributed by atoms with van der Waals surface area (Å²) in [4.78, 5) is 2.48. The fourth-order valence-corrected chi connectivity index (χ4v) is 1.99. The van der Waals surface area contributed by atoms with Crippen molar-refractivity contribution in [2.24, 2.45) is 0 Å². The first-order chi connectivity index (χ1) is 7.52. The van der Waals surface area contributed by atoms with E-state index in [-0.39, 0.29) is 12.1 Å². The number of aliphatic hydroxyl groups excluding tert-OH is 1. The number of likely N-dealkylation sites (N-methyl/N-ethyl adjacent to an activating group) is 1. The van der Waals surface area contributed by atoms with Gasteiger partial charge in [-0.3, -0.25) is 0 Å². The van der Waals surface area contributed by atoms with Gasteiger partial charge in [0, 0.05) is 18.1 Å². The molecule has 0 aromatic carbocycles. The molecule has 0 rings (SSSR count). The highest BCUT2D eigenvalue weighted by atomic mass is 16.3. The van der Waals surface area contributed by atoms with Crippen molar-refractivity contribution < 1.29 is 5.11 Å². The molecule has 0 radical (unpaired) electrons. The van der Waals surface area contributed by atoms with Crippen LogP contribution in [0.1, 0.15) is 47.5 Å². The summed E-state index contributed by atoms with van der Waals surface area (Å²) in [5.41, 5.74) is -0.129. The Kier molecular flexibility index (Phi) is 7.98. The molecule has 98 valence electrons. The maximum absolute atomic E-state index is 9.42. The van der Waals surface area contributed by atoms with Crippen LogP contribution in [0.3, 0.4) is 0 Å². The van der Waals surface area contributed by atoms with Crippen LogP contribution in [0, 0.1) is 0 Å². The van der Waals surface area contributed by atoms with E-state index >= 15 is 0 Å². The van der Waals surface area contributed by atoms with Crippen LogP contribution in [-0.4, -0.2) is 47.8 Å². The van der Waals surface area contributed by atoms with Gasteiger partial charge in [0.05, 0.1) is 6.61 Å². The van der Waals surface area contributed by atoms with Crippen LogP contribution in [0.15, 0.2) is 0 Å². The molecule has 0 heterocycles. The summed E-state index contributed by atoms with van der Waals surface area (Å²) in [5.74, 6) is 0. The van der Waals surface area contributed by atoms with E-state index in [2.05, 4.69) is 44.8 Å². The molecule has 0 bridgehead atoms. The van der Waals surface area contributed by atoms with Gasteiger partial charge in [0.15, 0.2) is 0 Å². The highest BCUT2D eigenvalue weighted by Gasteiger charge is 2.23. The SMILES string of the molecule is CCNC(C)(CO)CCN(CC)C(C)CC. The first kappa shape index (κ1) is 15.9. The Hall–Kier alpha value is -0.120. The molecule has 0 spiro atoms. The molecule has 0 saturated carbocycles. The summed E-state index contributed by atoms with van der Waals surface area (Å²) < 4.78 is 0. The molecule has 2 unspecified atom stereocenters. The Morgan fingerprint density at radius 3 is 2.31 bits per heavy atom. The Balaban J connectivity index is 4.16. The number of hydrogen-bond acceptors (Lipinski definition) is 3. The average molecular weight is 230 g/mol. The minimum Gasteiger partial charge on any atom is -0.394 e. The van der Waals surface area contributed by atoms with Gasteiger partial charge in [-0.2, -0.15) is 0 Å². The van der Waals surface area contributed by atoms with E-state index in [0.717, 1.165) is 26.1 Å². The number of rotatable bonds is 9. The fraction of sp³-hybridized carbons (Fsp3) is 1.00. The molecule has 0 aliphatic heterocycles. The van der Waals surface area contributed by atoms with Gasteiger partial charge in [-0.05, 0) is 39.8 Å². The van der Waals surface area contributed by atoms with Crippen molar-refractivity contribution in [3.8, 4) is 0 Å². The van der Waals surface area contributed by atoms with E-state index in [1.165, 1.54) is 6.42 Å². The molecule has 3 heteroatoms. The van der Waals surface area contributed by atoms with Crippen molar-refractivity contribution in [3.63, 3.8) is 0 Å². The number of hydrogen-bond donors (Lipinski definition) is 2. The minimum atomic E-state index is -0.129. The first-order valence-electron chi connectivity index (χ1n) is 6.62. The largest absolute Gasteiger partial charge is 0.394 e. The summed E-state index contributed by atoms with van der Waals surface area (Å²) >= 11 is 0. The summed E-state index contributed by atoms with van der Waals surface area (Å²) in [5, 5.41) is 12.8. The molecule has 0 saturated heterocycles. The summed E-state index contributed by atoms with van der Waals surface area (Å²) in [6.45, 7) is 14.1. The van der Waals surface area contributed by atoms with E-state index < -0.39 is 0 Å². The van der Waals surface area contributed by atoms with E-state index in [9.17, 15) is 5.11 Å². The second kappa shape index (κ2) is 8.04. The van der Waals surface area contributed by atoms with E-state index in [1.807, 2.05) is 0 Å². The molecule has 0 aromatic rings. The van der Waals surface area contributed by atoms with Gasteiger partial charge in [-0.1, -0.05) is 20.8 Å². The van der Waals surface area contributed by atoms with E-state index in [4.69, 9.17) is 0 Å². The van der Waals surface area contributed by atoms with Crippen LogP contribution in [0.5, 0.6) is 0 Å². The van der Waals surface area contributed by atoms with Crippen LogP contribution in [0.4, 0.5) is 0 Å². The third-order valence-corrected chi connectivity index (χ3v) is 3.52. The molecule has 2 atom stereocenters. The zero-order valence-corrected chi connectivity index (χ0v) is 11.7. The Morgan fingerprint density at radius 1 is 1.31 bits per heavy atom. The summed E-state index contributed by atoms with van der Waals surface area (Å²) in [6, 6.07) is 0.634. The quantitative estimate of drug-likeness (QED) is 0.634. The Morgan fingerprint density at radius 2 is 1.94 bits per heavy atom. The first-order valence-corrected chi connectivity index (χ1v) is 6.62. The van der Waals surface area contributed by atoms with Crippen molar-refractivity contribution in [3.05, 3.63) is 0 Å². The third-order valence-electron chi connectivity index (χ3n) is 3.52. The second-order valence-electron chi connectivity index (χ2n) is 4.88. The molecule has 0 aliphatic rings. The molecule has 2 N–H and O–H groups in total. The van der Waals surface area contributed by atoms with Gasteiger partial charge in [0.2, 0.25) is 0 Å². The van der Waals surface area contributed by atoms with Gasteiger partial charge in [-0.25, -0.2) is 0 Å². The molecular formula is C13H30N2O. The summed E-state index contributed by atoms with van der Waals surface area (Å²) in [6.07, 6.45) is 2.18. The lowest BCUT2D eigenvalue weighted by atomic mass is 9.98. The van der Waals surface area contributed by atoms with Crippen LogP contribution in [-0.2, 0) is 0 Å². The number of nitrogens with zero attached hydrogens (tertiary/aromatic N) is 1. The van der Waals surface area contributed by atoms with E-state index in [1.54, 1.807) is 0 Å². The predicted molar refractivity (Wildman–Crippen MR) is 70.8 cm³/mol. The lowest BCUT2D eigenvalue weighted by Gasteiger charge is -2.33. The third kappa shape index (κ3) is 5.28. The molecule has 0 aliphatic carbocycles. The summed E-state index contributed by atoms with van der Waals surface area (Å²) in [7, 11) is 0. The van der Waals surface area contributed by atoms with Gasteiger partial charge < -0.3 is 15.3 Å². The van der Waals surface area contributed by atoms with Crippen molar-refractivity contribution >= 4 is 0 Å². The Labute approximate surface area is 101 Å². The fourth-order valence-electron chi connectivity index (χ4n) is 1.99. The monoisotopic (exact) mass is 230 g/mol. The van der Waals surface area contributed by atoms with Crippen molar-refractivity contribution in [2.45, 2.75) is 59.0 Å². The van der Waals surface area contributed by atoms with Gasteiger partial charge in [0.25, 0.3) is 0 Å². The van der Waals surface area contributed by atoms with Gasteiger partial charge in [-0.15, -0.1) is 0 Å². The zero-order valence-electron chi connectivity index (χ0n) is 11.7. The molecule has 0 fully saturated rings. The van der Waals surface area contributed by atoms with Crippen molar-refractivity contribution in [1.82, 2.24) is 10.2 Å². The van der Waals surface area contributed by atoms with Crippen LogP contribution >= 0.6 is 0 Å². The topological polar surface area (TPSA) is 35.5 Å². The standard InChI is InChI=1S/C13H30N2O/c1-6-12(4)15(8-3)10-9-13(5,11-16)14-7-2/h12,14,16H,6-11H2,1-5H3. The maximum atomic E-state index is 9.42. The zero-order chi connectivity index (χ0) is 12.6. The van der Waals surface area contributed by atoms with Crippen molar-refractivity contribution in [2.75, 3.05) is 26.2 Å². The Bertz CT molecular complexity index is 175. The average Bonchev–Trinajstić information content (AvgIpc) is 2.29. The highest BCUT2D eigenvalue weighted by Crippen LogP contribution is 2.12. The molecule has 0 amide bonds. The lowest BCUT2D eigenvalue weighted by molar-refractivity contribution is 0.134. The van der Waals surface area contributed by atoms with Crippen LogP contribution in [0.2, 0.25) is 0 Å². The maximum Gasteiger partial charge on any atom is 0.0611 e. The smallest absolute Gasteiger partial charge is 0.0611 e. The van der Waals surface area contributed by atoms with E-state index in [0.29, 0.717) is 6.04 Å². The van der Waals surface area contributed by atoms with Gasteiger partial charge in [0.1, 0.15) is 0 Å². The molecule has 0 aromatic heterocycles. The van der Waals surface area contributed by atoms with Crippen molar-refractivity contribution in [1.29, 1.82) is 0 Å². The molecular weight excluding hydrogens is 200 g/mol. The second-order valence-corrected chi connectivity index (χ2v) is 4.88. The number of aliphatic hydroxyl groups is 1. The minimum absolute atomic E-state index is 0.129. The normalized spacial score (nSPS) is 17.4. The van der Waals surface area contributed by atoms with Gasteiger partial charge >= 0.3 is 0 Å². The lowest BCUT2D eigenvalue weighted by Crippen LogP contribution is -2.48. The molecule has 3 nitrogen and oxygen atoms in total. The highest BCUT2D eigenvalue weighted by molar-refractivity contribution is 4.83.